The lowest BCUT2D eigenvalue weighted by Gasteiger charge is -2.09. The number of anilines is 2. The lowest BCUT2D eigenvalue weighted by Crippen LogP contribution is -2.15. The van der Waals surface area contributed by atoms with Crippen LogP contribution in [0.2, 0.25) is 0 Å². The topological polar surface area (TPSA) is 88.9 Å². The molecule has 2 aromatic heterocycles. The van der Waals surface area contributed by atoms with Gasteiger partial charge in [-0.3, -0.25) is 9.59 Å². The summed E-state index contributed by atoms with van der Waals surface area (Å²) >= 11 is 2.96. The van der Waals surface area contributed by atoms with Gasteiger partial charge < -0.3 is 15.2 Å². The highest BCUT2D eigenvalue weighted by molar-refractivity contribution is 7.99. The summed E-state index contributed by atoms with van der Waals surface area (Å²) in [6.45, 7) is 4.71. The van der Waals surface area contributed by atoms with Crippen LogP contribution in [0.25, 0.3) is 10.7 Å². The molecule has 0 saturated carbocycles. The molecule has 3 rings (SSSR count). The predicted molar refractivity (Wildman–Crippen MR) is 118 cm³/mol. The lowest BCUT2D eigenvalue weighted by molar-refractivity contribution is -0.116. The first kappa shape index (κ1) is 21.1. The van der Waals surface area contributed by atoms with Crippen molar-refractivity contribution in [1.29, 1.82) is 0 Å². The van der Waals surface area contributed by atoms with Crippen molar-refractivity contribution in [2.45, 2.75) is 38.4 Å². The fourth-order valence-electron chi connectivity index (χ4n) is 2.72. The standard InChI is InChI=1S/C20H23N5O2S2/c1-3-7-17(26)21-14-8-5-9-15(12-14)22-18(27)13-29-20-24-23-19(25(20)4-2)16-10-6-11-28-16/h5-6,8-12H,3-4,7,13H2,1-2H3,(H,21,26)(H,22,27). The van der Waals surface area contributed by atoms with Crippen molar-refractivity contribution >= 4 is 46.3 Å². The number of aromatic nitrogens is 3. The summed E-state index contributed by atoms with van der Waals surface area (Å²) in [6, 6.07) is 11.1. The van der Waals surface area contributed by atoms with E-state index in [0.29, 0.717) is 23.0 Å². The molecule has 0 spiro atoms. The van der Waals surface area contributed by atoms with Gasteiger partial charge in [-0.05, 0) is 43.0 Å². The van der Waals surface area contributed by atoms with Crippen molar-refractivity contribution in [2.75, 3.05) is 16.4 Å². The molecule has 0 aliphatic carbocycles. The van der Waals surface area contributed by atoms with Crippen LogP contribution in [0.15, 0.2) is 46.9 Å². The zero-order valence-electron chi connectivity index (χ0n) is 16.3. The van der Waals surface area contributed by atoms with Gasteiger partial charge in [0.15, 0.2) is 11.0 Å². The first-order valence-electron chi connectivity index (χ1n) is 9.40. The number of benzene rings is 1. The second-order valence-corrected chi connectivity index (χ2v) is 8.13. The molecule has 0 saturated heterocycles. The number of nitrogens with one attached hydrogen (secondary N) is 2. The Labute approximate surface area is 177 Å². The molecule has 9 heteroatoms. The number of thioether (sulfide) groups is 1. The maximum Gasteiger partial charge on any atom is 0.234 e. The molecular weight excluding hydrogens is 406 g/mol. The monoisotopic (exact) mass is 429 g/mol. The normalized spacial score (nSPS) is 10.7. The molecule has 2 heterocycles. The van der Waals surface area contributed by atoms with Crippen LogP contribution in [0, 0.1) is 0 Å². The van der Waals surface area contributed by atoms with Crippen LogP contribution in [-0.4, -0.2) is 32.3 Å². The first-order chi connectivity index (χ1) is 14.1. The Kier molecular flexibility index (Phi) is 7.42. The minimum Gasteiger partial charge on any atom is -0.326 e. The van der Waals surface area contributed by atoms with Crippen molar-refractivity contribution in [3.8, 4) is 10.7 Å². The minimum atomic E-state index is -0.143. The zero-order valence-corrected chi connectivity index (χ0v) is 18.0. The Morgan fingerprint density at radius 1 is 1.07 bits per heavy atom. The van der Waals surface area contributed by atoms with Gasteiger partial charge in [-0.2, -0.15) is 0 Å². The number of carbonyl (C=O) groups is 2. The van der Waals surface area contributed by atoms with Gasteiger partial charge in [-0.15, -0.1) is 21.5 Å². The van der Waals surface area contributed by atoms with Crippen LogP contribution < -0.4 is 10.6 Å². The number of carbonyl (C=O) groups excluding carboxylic acids is 2. The van der Waals surface area contributed by atoms with E-state index in [2.05, 4.69) is 20.8 Å². The molecule has 1 aromatic carbocycles. The Balaban J connectivity index is 1.59. The zero-order chi connectivity index (χ0) is 20.6. The average Bonchev–Trinajstić information content (AvgIpc) is 3.36. The van der Waals surface area contributed by atoms with Crippen LogP contribution in [0.1, 0.15) is 26.7 Å². The van der Waals surface area contributed by atoms with E-state index in [0.717, 1.165) is 23.7 Å². The second kappa shape index (κ2) is 10.2. The van der Waals surface area contributed by atoms with Crippen LogP contribution in [0.3, 0.4) is 0 Å². The SMILES string of the molecule is CCCC(=O)Nc1cccc(NC(=O)CSc2nnc(-c3cccs3)n2CC)c1. The summed E-state index contributed by atoms with van der Waals surface area (Å²) in [4.78, 5) is 25.2. The molecule has 7 nitrogen and oxygen atoms in total. The van der Waals surface area contributed by atoms with Gasteiger partial charge in [0.1, 0.15) is 0 Å². The minimum absolute atomic E-state index is 0.0352. The Morgan fingerprint density at radius 2 is 1.83 bits per heavy atom. The molecule has 0 bridgehead atoms. The number of amides is 2. The van der Waals surface area contributed by atoms with Crippen LogP contribution in [0.4, 0.5) is 11.4 Å². The molecule has 0 atom stereocenters. The van der Waals surface area contributed by atoms with Gasteiger partial charge in [0.25, 0.3) is 0 Å². The molecule has 0 radical (unpaired) electrons. The second-order valence-electron chi connectivity index (χ2n) is 6.24. The summed E-state index contributed by atoms with van der Waals surface area (Å²) in [5, 5.41) is 16.9. The summed E-state index contributed by atoms with van der Waals surface area (Å²) in [5.74, 6) is 0.859. The van der Waals surface area contributed by atoms with E-state index in [1.165, 1.54) is 11.8 Å². The number of rotatable bonds is 9. The van der Waals surface area contributed by atoms with Crippen LogP contribution in [-0.2, 0) is 16.1 Å². The third kappa shape index (κ3) is 5.68. The van der Waals surface area contributed by atoms with Crippen LogP contribution >= 0.6 is 23.1 Å². The van der Waals surface area contributed by atoms with Gasteiger partial charge in [0.05, 0.1) is 10.6 Å². The molecular formula is C20H23N5O2S2. The lowest BCUT2D eigenvalue weighted by atomic mass is 10.2. The van der Waals surface area contributed by atoms with Crippen molar-refractivity contribution in [3.63, 3.8) is 0 Å². The van der Waals surface area contributed by atoms with E-state index in [4.69, 9.17) is 0 Å². The maximum absolute atomic E-state index is 12.4. The molecule has 152 valence electrons. The fraction of sp³-hybridized carbons (Fsp3) is 0.300. The molecule has 0 fully saturated rings. The van der Waals surface area contributed by atoms with E-state index in [1.807, 2.05) is 35.9 Å². The summed E-state index contributed by atoms with van der Waals surface area (Å²) in [5.41, 5.74) is 1.31. The molecule has 2 amide bonds. The van der Waals surface area contributed by atoms with Gasteiger partial charge in [-0.1, -0.05) is 30.8 Å². The van der Waals surface area contributed by atoms with Crippen molar-refractivity contribution in [1.82, 2.24) is 14.8 Å². The van der Waals surface area contributed by atoms with Gasteiger partial charge in [0.2, 0.25) is 11.8 Å². The van der Waals surface area contributed by atoms with Gasteiger partial charge in [0, 0.05) is 24.3 Å². The molecule has 2 N–H and O–H groups in total. The smallest absolute Gasteiger partial charge is 0.234 e. The number of hydrogen-bond acceptors (Lipinski definition) is 6. The largest absolute Gasteiger partial charge is 0.326 e. The van der Waals surface area contributed by atoms with E-state index in [9.17, 15) is 9.59 Å². The molecule has 0 aliphatic heterocycles. The highest BCUT2D eigenvalue weighted by Crippen LogP contribution is 2.27. The van der Waals surface area contributed by atoms with Crippen molar-refractivity contribution in [2.24, 2.45) is 0 Å². The number of nitrogens with zero attached hydrogens (tertiary/aromatic N) is 3. The maximum atomic E-state index is 12.4. The third-order valence-corrected chi connectivity index (χ3v) is 5.85. The number of thiophene rings is 1. The first-order valence-corrected chi connectivity index (χ1v) is 11.3. The molecule has 29 heavy (non-hydrogen) atoms. The fourth-order valence-corrected chi connectivity index (χ4v) is 4.24. The Bertz CT molecular complexity index is 969. The molecule has 3 aromatic rings. The summed E-state index contributed by atoms with van der Waals surface area (Å²) in [7, 11) is 0. The van der Waals surface area contributed by atoms with E-state index < -0.39 is 0 Å². The summed E-state index contributed by atoms with van der Waals surface area (Å²) < 4.78 is 2.01. The predicted octanol–water partition coefficient (Wildman–Crippen LogP) is 4.50. The average molecular weight is 430 g/mol. The number of hydrogen-bond donors (Lipinski definition) is 2. The van der Waals surface area contributed by atoms with E-state index >= 15 is 0 Å². The van der Waals surface area contributed by atoms with Crippen LogP contribution in [0.5, 0.6) is 0 Å². The van der Waals surface area contributed by atoms with Crippen molar-refractivity contribution in [3.05, 3.63) is 41.8 Å². The Hall–Kier alpha value is -2.65. The Morgan fingerprint density at radius 3 is 2.48 bits per heavy atom. The van der Waals surface area contributed by atoms with E-state index in [1.54, 1.807) is 35.6 Å². The van der Waals surface area contributed by atoms with Gasteiger partial charge in [-0.25, -0.2) is 0 Å². The van der Waals surface area contributed by atoms with Crippen molar-refractivity contribution < 1.29 is 9.59 Å². The van der Waals surface area contributed by atoms with E-state index in [-0.39, 0.29) is 17.6 Å². The highest BCUT2D eigenvalue weighted by Gasteiger charge is 2.15. The molecule has 0 unspecified atom stereocenters. The highest BCUT2D eigenvalue weighted by atomic mass is 32.2. The summed E-state index contributed by atoms with van der Waals surface area (Å²) in [6.07, 6.45) is 1.26. The van der Waals surface area contributed by atoms with Gasteiger partial charge >= 0.3 is 0 Å². The third-order valence-electron chi connectivity index (χ3n) is 4.01. The quantitative estimate of drug-likeness (QED) is 0.489. The molecule has 0 aliphatic rings.